The fraction of sp³-hybridized carbons (Fsp3) is 0.400. The van der Waals surface area contributed by atoms with Gasteiger partial charge < -0.3 is 10.5 Å². The van der Waals surface area contributed by atoms with Crippen LogP contribution in [0.15, 0.2) is 22.7 Å². The summed E-state index contributed by atoms with van der Waals surface area (Å²) in [6.45, 7) is 5.37. The molecule has 0 fully saturated rings. The average Bonchev–Trinajstić information content (AvgIpc) is 2.74. The van der Waals surface area contributed by atoms with E-state index in [0.29, 0.717) is 13.0 Å². The number of benzene rings is 1. The Morgan fingerprint density at radius 3 is 2.86 bits per heavy atom. The molecule has 0 aliphatic rings. The van der Waals surface area contributed by atoms with E-state index in [1.54, 1.807) is 6.07 Å². The van der Waals surface area contributed by atoms with Crippen LogP contribution in [0.5, 0.6) is 5.75 Å². The topological polar surface area (TPSA) is 53.1 Å². The minimum atomic E-state index is -0.364. The molecular formula is C15H19BrFN3O. The Bertz CT molecular complexity index is 628. The molecule has 0 spiro atoms. The molecule has 1 heterocycles. The molecule has 0 saturated heterocycles. The minimum absolute atomic E-state index is 0.258. The predicted molar refractivity (Wildman–Crippen MR) is 83.8 cm³/mol. The summed E-state index contributed by atoms with van der Waals surface area (Å²) in [4.78, 5) is 0. The first kappa shape index (κ1) is 16.0. The molecule has 0 saturated carbocycles. The lowest BCUT2D eigenvalue weighted by Crippen LogP contribution is -2.10. The van der Waals surface area contributed by atoms with Gasteiger partial charge in [-0.2, -0.15) is 5.10 Å². The number of ether oxygens (including phenoxy) is 1. The molecule has 21 heavy (non-hydrogen) atoms. The minimum Gasteiger partial charge on any atom is -0.484 e. The molecule has 2 aromatic rings. The Morgan fingerprint density at radius 2 is 2.19 bits per heavy atom. The van der Waals surface area contributed by atoms with E-state index in [4.69, 9.17) is 10.5 Å². The summed E-state index contributed by atoms with van der Waals surface area (Å²) in [7, 11) is 0. The van der Waals surface area contributed by atoms with Gasteiger partial charge in [0.1, 0.15) is 6.61 Å². The number of nitrogens with zero attached hydrogens (tertiary/aromatic N) is 2. The molecule has 0 amide bonds. The Hall–Kier alpha value is -1.40. The zero-order valence-electron chi connectivity index (χ0n) is 12.2. The number of nitrogens with two attached hydrogens (primary N) is 1. The van der Waals surface area contributed by atoms with Gasteiger partial charge in [-0.1, -0.05) is 12.1 Å². The van der Waals surface area contributed by atoms with Gasteiger partial charge in [0.05, 0.1) is 15.9 Å². The molecule has 0 aliphatic heterocycles. The molecule has 0 aliphatic carbocycles. The van der Waals surface area contributed by atoms with Crippen molar-refractivity contribution in [3.05, 3.63) is 45.4 Å². The van der Waals surface area contributed by atoms with Crippen LogP contribution < -0.4 is 10.5 Å². The molecule has 4 nitrogen and oxygen atoms in total. The Kier molecular flexibility index (Phi) is 5.36. The van der Waals surface area contributed by atoms with Crippen molar-refractivity contribution >= 4 is 15.9 Å². The molecule has 1 aromatic heterocycles. The van der Waals surface area contributed by atoms with Crippen LogP contribution in [0.3, 0.4) is 0 Å². The predicted octanol–water partition coefficient (Wildman–Crippen LogP) is 3.19. The second kappa shape index (κ2) is 7.04. The second-order valence-electron chi connectivity index (χ2n) is 4.72. The molecule has 0 bridgehead atoms. The zero-order valence-corrected chi connectivity index (χ0v) is 13.8. The largest absolute Gasteiger partial charge is 0.484 e. The molecule has 2 N–H and O–H groups in total. The second-order valence-corrected chi connectivity index (χ2v) is 5.51. The number of rotatable bonds is 6. The maximum absolute atomic E-state index is 14.0. The first-order chi connectivity index (χ1) is 10.1. The van der Waals surface area contributed by atoms with Gasteiger partial charge in [0.15, 0.2) is 11.6 Å². The third-order valence-corrected chi connectivity index (χ3v) is 4.30. The van der Waals surface area contributed by atoms with E-state index < -0.39 is 0 Å². The smallest absolute Gasteiger partial charge is 0.165 e. The Balaban J connectivity index is 2.24. The normalized spacial score (nSPS) is 10.9. The van der Waals surface area contributed by atoms with Crippen LogP contribution in [0.25, 0.3) is 0 Å². The molecule has 2 rings (SSSR count). The summed E-state index contributed by atoms with van der Waals surface area (Å²) >= 11 is 3.51. The van der Waals surface area contributed by atoms with Gasteiger partial charge in [0.2, 0.25) is 0 Å². The fourth-order valence-electron chi connectivity index (χ4n) is 2.21. The highest BCUT2D eigenvalue weighted by molar-refractivity contribution is 9.10. The number of aromatic nitrogens is 2. The van der Waals surface area contributed by atoms with Crippen LogP contribution in [0, 0.1) is 12.7 Å². The molecule has 1 aromatic carbocycles. The van der Waals surface area contributed by atoms with Gasteiger partial charge in [0, 0.05) is 6.54 Å². The Morgan fingerprint density at radius 1 is 1.43 bits per heavy atom. The van der Waals surface area contributed by atoms with Crippen LogP contribution in [-0.4, -0.2) is 16.3 Å². The molecule has 6 heteroatoms. The first-order valence-electron chi connectivity index (χ1n) is 6.90. The van der Waals surface area contributed by atoms with E-state index in [9.17, 15) is 4.39 Å². The van der Waals surface area contributed by atoms with Gasteiger partial charge in [-0.25, -0.2) is 4.39 Å². The standard InChI is InChI=1S/C15H19BrFN3O/c1-3-20-13(14(16)10(2)19-20)9-21-15-11(7-8-18)5-4-6-12(15)17/h4-6H,3,7-9,18H2,1-2H3. The Labute approximate surface area is 132 Å². The lowest BCUT2D eigenvalue weighted by Gasteiger charge is -2.13. The number of hydrogen-bond acceptors (Lipinski definition) is 3. The summed E-state index contributed by atoms with van der Waals surface area (Å²) in [5.74, 6) is -0.0901. The van der Waals surface area contributed by atoms with Crippen LogP contribution in [-0.2, 0) is 19.6 Å². The van der Waals surface area contributed by atoms with E-state index in [-0.39, 0.29) is 18.2 Å². The highest BCUT2D eigenvalue weighted by Crippen LogP contribution is 2.27. The summed E-state index contributed by atoms with van der Waals surface area (Å²) < 4.78 is 22.4. The highest BCUT2D eigenvalue weighted by Gasteiger charge is 2.15. The van der Waals surface area contributed by atoms with Gasteiger partial charge >= 0.3 is 0 Å². The zero-order chi connectivity index (χ0) is 15.4. The molecular weight excluding hydrogens is 337 g/mol. The highest BCUT2D eigenvalue weighted by atomic mass is 79.9. The lowest BCUT2D eigenvalue weighted by atomic mass is 10.1. The maximum Gasteiger partial charge on any atom is 0.165 e. The quantitative estimate of drug-likeness (QED) is 0.865. The van der Waals surface area contributed by atoms with Crippen molar-refractivity contribution in [1.82, 2.24) is 9.78 Å². The first-order valence-corrected chi connectivity index (χ1v) is 7.69. The van der Waals surface area contributed by atoms with Gasteiger partial charge in [-0.05, 0) is 54.4 Å². The van der Waals surface area contributed by atoms with Gasteiger partial charge in [0.25, 0.3) is 0 Å². The van der Waals surface area contributed by atoms with Crippen molar-refractivity contribution in [3.63, 3.8) is 0 Å². The third-order valence-electron chi connectivity index (χ3n) is 3.27. The molecule has 0 unspecified atom stereocenters. The van der Waals surface area contributed by atoms with E-state index in [1.165, 1.54) is 6.07 Å². The van der Waals surface area contributed by atoms with E-state index >= 15 is 0 Å². The molecule has 0 atom stereocenters. The molecule has 114 valence electrons. The van der Waals surface area contributed by atoms with Gasteiger partial charge in [-0.3, -0.25) is 4.68 Å². The van der Waals surface area contributed by atoms with E-state index in [0.717, 1.165) is 28.0 Å². The van der Waals surface area contributed by atoms with E-state index in [1.807, 2.05) is 24.6 Å². The van der Waals surface area contributed by atoms with Crippen LogP contribution in [0.4, 0.5) is 4.39 Å². The average molecular weight is 356 g/mol. The van der Waals surface area contributed by atoms with Crippen LogP contribution in [0.2, 0.25) is 0 Å². The van der Waals surface area contributed by atoms with Crippen molar-refractivity contribution in [2.24, 2.45) is 5.73 Å². The van der Waals surface area contributed by atoms with Gasteiger partial charge in [-0.15, -0.1) is 0 Å². The fourth-order valence-corrected chi connectivity index (χ4v) is 2.61. The number of halogens is 2. The van der Waals surface area contributed by atoms with Crippen molar-refractivity contribution in [1.29, 1.82) is 0 Å². The number of aryl methyl sites for hydroxylation is 2. The summed E-state index contributed by atoms with van der Waals surface area (Å²) in [5.41, 5.74) is 8.14. The van der Waals surface area contributed by atoms with Crippen molar-refractivity contribution in [2.75, 3.05) is 6.54 Å². The SMILES string of the molecule is CCn1nc(C)c(Br)c1COc1c(F)cccc1CCN. The summed E-state index contributed by atoms with van der Waals surface area (Å²) in [5, 5.41) is 4.40. The monoisotopic (exact) mass is 355 g/mol. The summed E-state index contributed by atoms with van der Waals surface area (Å²) in [6, 6.07) is 4.90. The van der Waals surface area contributed by atoms with Crippen molar-refractivity contribution in [3.8, 4) is 5.75 Å². The van der Waals surface area contributed by atoms with Crippen LogP contribution >= 0.6 is 15.9 Å². The summed E-state index contributed by atoms with van der Waals surface area (Å²) in [6.07, 6.45) is 0.584. The lowest BCUT2D eigenvalue weighted by molar-refractivity contribution is 0.274. The molecule has 0 radical (unpaired) electrons. The van der Waals surface area contributed by atoms with Crippen molar-refractivity contribution < 1.29 is 9.13 Å². The number of para-hydroxylation sites is 1. The maximum atomic E-state index is 14.0. The number of hydrogen-bond donors (Lipinski definition) is 1. The van der Waals surface area contributed by atoms with Crippen molar-refractivity contribution in [2.45, 2.75) is 33.4 Å². The third kappa shape index (κ3) is 3.44. The van der Waals surface area contributed by atoms with E-state index in [2.05, 4.69) is 21.0 Å². The van der Waals surface area contributed by atoms with Crippen LogP contribution in [0.1, 0.15) is 23.9 Å².